The maximum Gasteiger partial charge on any atom is 0.396 e. The average molecular weight is 264 g/mol. The second-order valence-electron chi connectivity index (χ2n) is 4.13. The van der Waals surface area contributed by atoms with Crippen molar-refractivity contribution in [3.05, 3.63) is 11.3 Å². The van der Waals surface area contributed by atoms with Gasteiger partial charge >= 0.3 is 14.6 Å². The van der Waals surface area contributed by atoms with Gasteiger partial charge in [0, 0.05) is 14.2 Å². The topological polar surface area (TPSA) is 54.0 Å². The van der Waals surface area contributed by atoms with Crippen LogP contribution < -0.4 is 0 Å². The van der Waals surface area contributed by atoms with E-state index in [9.17, 15) is 4.79 Å². The Kier molecular flexibility index (Phi) is 6.68. The standard InChI is InChI=1S/C11H21O5P/c1-8(2)9(16-17(14-6)15-7)11(3,4)10(12)13-5/h1-7H3. The number of carbonyl (C=O) groups is 1. The molecule has 0 saturated carbocycles. The van der Waals surface area contributed by atoms with Crippen molar-refractivity contribution in [1.82, 2.24) is 0 Å². The van der Waals surface area contributed by atoms with E-state index in [1.54, 1.807) is 13.8 Å². The molecule has 0 amide bonds. The molecule has 0 aromatic heterocycles. The van der Waals surface area contributed by atoms with Crippen LogP contribution >= 0.6 is 8.60 Å². The molecule has 0 aliphatic rings. The highest BCUT2D eigenvalue weighted by Gasteiger charge is 2.37. The van der Waals surface area contributed by atoms with E-state index in [-0.39, 0.29) is 5.97 Å². The van der Waals surface area contributed by atoms with E-state index < -0.39 is 14.0 Å². The lowest BCUT2D eigenvalue weighted by molar-refractivity contribution is -0.149. The maximum absolute atomic E-state index is 11.7. The third-order valence-electron chi connectivity index (χ3n) is 2.18. The van der Waals surface area contributed by atoms with Crippen LogP contribution in [0, 0.1) is 5.41 Å². The van der Waals surface area contributed by atoms with Gasteiger partial charge in [-0.3, -0.25) is 4.79 Å². The highest BCUT2D eigenvalue weighted by atomic mass is 31.2. The maximum atomic E-state index is 11.7. The molecule has 0 aliphatic heterocycles. The fraction of sp³-hybridized carbons (Fsp3) is 0.727. The molecule has 0 rings (SSSR count). The van der Waals surface area contributed by atoms with Crippen molar-refractivity contribution in [3.8, 4) is 0 Å². The van der Waals surface area contributed by atoms with Crippen molar-refractivity contribution in [2.24, 2.45) is 5.41 Å². The van der Waals surface area contributed by atoms with Gasteiger partial charge in [-0.1, -0.05) is 0 Å². The van der Waals surface area contributed by atoms with E-state index in [0.717, 1.165) is 5.57 Å². The quantitative estimate of drug-likeness (QED) is 0.419. The molecule has 0 fully saturated rings. The molecule has 0 N–H and O–H groups in total. The summed E-state index contributed by atoms with van der Waals surface area (Å²) in [6.07, 6.45) is 0. The first kappa shape index (κ1) is 16.4. The second kappa shape index (κ2) is 6.94. The van der Waals surface area contributed by atoms with E-state index in [1.165, 1.54) is 21.3 Å². The third kappa shape index (κ3) is 4.26. The molecule has 0 saturated heterocycles. The molecule has 0 heterocycles. The monoisotopic (exact) mass is 264 g/mol. The average Bonchev–Trinajstić information content (AvgIpc) is 2.28. The van der Waals surface area contributed by atoms with Crippen LogP contribution in [0.15, 0.2) is 11.3 Å². The molecular weight excluding hydrogens is 243 g/mol. The number of ether oxygens (including phenoxy) is 1. The normalized spacial score (nSPS) is 11.3. The van der Waals surface area contributed by atoms with Gasteiger partial charge in [-0.2, -0.15) is 0 Å². The Morgan fingerprint density at radius 2 is 1.53 bits per heavy atom. The number of allylic oxidation sites excluding steroid dienone is 1. The van der Waals surface area contributed by atoms with Crippen LogP contribution in [-0.4, -0.2) is 27.3 Å². The van der Waals surface area contributed by atoms with Gasteiger partial charge in [-0.25, -0.2) is 0 Å². The van der Waals surface area contributed by atoms with Gasteiger partial charge in [0.25, 0.3) is 0 Å². The largest absolute Gasteiger partial charge is 0.468 e. The fourth-order valence-electron chi connectivity index (χ4n) is 1.40. The molecule has 0 aromatic carbocycles. The van der Waals surface area contributed by atoms with Gasteiger partial charge in [0.15, 0.2) is 0 Å². The lowest BCUT2D eigenvalue weighted by Gasteiger charge is -2.27. The Bertz CT molecular complexity index is 290. The first-order valence-corrected chi connectivity index (χ1v) is 6.23. The number of hydrogen-bond donors (Lipinski definition) is 0. The van der Waals surface area contributed by atoms with Crippen molar-refractivity contribution < 1.29 is 23.1 Å². The van der Waals surface area contributed by atoms with E-state index >= 15 is 0 Å². The van der Waals surface area contributed by atoms with E-state index in [1.807, 2.05) is 13.8 Å². The molecule has 100 valence electrons. The zero-order chi connectivity index (χ0) is 13.6. The van der Waals surface area contributed by atoms with E-state index in [4.69, 9.17) is 18.3 Å². The number of carbonyl (C=O) groups excluding carboxylic acids is 1. The Morgan fingerprint density at radius 3 is 1.82 bits per heavy atom. The summed E-state index contributed by atoms with van der Waals surface area (Å²) >= 11 is 0. The lowest BCUT2D eigenvalue weighted by Crippen LogP contribution is -2.29. The zero-order valence-corrected chi connectivity index (χ0v) is 12.4. The summed E-state index contributed by atoms with van der Waals surface area (Å²) < 4.78 is 20.4. The second-order valence-corrected chi connectivity index (χ2v) is 5.49. The highest BCUT2D eigenvalue weighted by Crippen LogP contribution is 2.45. The van der Waals surface area contributed by atoms with Crippen molar-refractivity contribution in [1.29, 1.82) is 0 Å². The summed E-state index contributed by atoms with van der Waals surface area (Å²) in [6, 6.07) is 0. The molecule has 0 radical (unpaired) electrons. The summed E-state index contributed by atoms with van der Waals surface area (Å²) in [5.41, 5.74) is 0.00704. The highest BCUT2D eigenvalue weighted by molar-refractivity contribution is 7.41. The Morgan fingerprint density at radius 1 is 1.06 bits per heavy atom. The molecule has 6 heteroatoms. The van der Waals surface area contributed by atoms with E-state index in [2.05, 4.69) is 0 Å². The molecule has 5 nitrogen and oxygen atoms in total. The SMILES string of the molecule is COC(=O)C(C)(C)C(OP(OC)OC)=C(C)C. The summed E-state index contributed by atoms with van der Waals surface area (Å²) in [5.74, 6) is 0.148. The summed E-state index contributed by atoms with van der Waals surface area (Å²) in [5, 5.41) is 0. The van der Waals surface area contributed by atoms with Crippen LogP contribution in [0.25, 0.3) is 0 Å². The summed E-state index contributed by atoms with van der Waals surface area (Å²) in [6.45, 7) is 7.19. The minimum Gasteiger partial charge on any atom is -0.468 e. The van der Waals surface area contributed by atoms with Crippen molar-refractivity contribution in [2.45, 2.75) is 27.7 Å². The van der Waals surface area contributed by atoms with Gasteiger partial charge in [0.05, 0.1) is 7.11 Å². The minimum absolute atomic E-state index is 0.365. The van der Waals surface area contributed by atoms with Crippen LogP contribution in [0.3, 0.4) is 0 Å². The summed E-state index contributed by atoms with van der Waals surface area (Å²) in [4.78, 5) is 11.7. The van der Waals surface area contributed by atoms with E-state index in [0.29, 0.717) is 5.76 Å². The Labute approximate surface area is 104 Å². The molecule has 0 aromatic rings. The molecule has 0 unspecified atom stereocenters. The number of hydrogen-bond acceptors (Lipinski definition) is 5. The fourth-order valence-corrected chi connectivity index (χ4v) is 2.26. The third-order valence-corrected chi connectivity index (χ3v) is 3.11. The molecule has 0 spiro atoms. The minimum atomic E-state index is -1.49. The van der Waals surface area contributed by atoms with Crippen LogP contribution in [-0.2, 0) is 23.1 Å². The van der Waals surface area contributed by atoms with Crippen LogP contribution in [0.1, 0.15) is 27.7 Å². The van der Waals surface area contributed by atoms with Crippen LogP contribution in [0.5, 0.6) is 0 Å². The number of esters is 1. The predicted molar refractivity (Wildman–Crippen MR) is 66.2 cm³/mol. The van der Waals surface area contributed by atoms with Crippen molar-refractivity contribution >= 4 is 14.6 Å². The Balaban J connectivity index is 5.14. The van der Waals surface area contributed by atoms with Gasteiger partial charge < -0.3 is 18.3 Å². The van der Waals surface area contributed by atoms with Gasteiger partial charge in [-0.05, 0) is 33.3 Å². The van der Waals surface area contributed by atoms with Crippen molar-refractivity contribution in [3.63, 3.8) is 0 Å². The molecule has 17 heavy (non-hydrogen) atoms. The predicted octanol–water partition coefficient (Wildman–Crippen LogP) is 3.02. The molecule has 0 bridgehead atoms. The smallest absolute Gasteiger partial charge is 0.396 e. The van der Waals surface area contributed by atoms with Gasteiger partial charge in [-0.15, -0.1) is 0 Å². The summed E-state index contributed by atoms with van der Waals surface area (Å²) in [7, 11) is 2.84. The van der Waals surface area contributed by atoms with Crippen LogP contribution in [0.2, 0.25) is 0 Å². The van der Waals surface area contributed by atoms with Gasteiger partial charge in [0.2, 0.25) is 0 Å². The van der Waals surface area contributed by atoms with Gasteiger partial charge in [0.1, 0.15) is 11.2 Å². The molecular formula is C11H21O5P. The molecule has 0 atom stereocenters. The molecule has 0 aliphatic carbocycles. The number of methoxy groups -OCH3 is 1. The lowest BCUT2D eigenvalue weighted by atomic mass is 9.89. The first-order valence-electron chi connectivity index (χ1n) is 5.13. The van der Waals surface area contributed by atoms with Crippen LogP contribution in [0.4, 0.5) is 0 Å². The number of rotatable bonds is 6. The van der Waals surface area contributed by atoms with Crippen molar-refractivity contribution in [2.75, 3.05) is 21.3 Å². The first-order chi connectivity index (χ1) is 7.81. The zero-order valence-electron chi connectivity index (χ0n) is 11.5. The Hall–Kier alpha value is -0.640.